The Hall–Kier alpha value is -1.97. The Morgan fingerprint density at radius 1 is 1.08 bits per heavy atom. The Morgan fingerprint density at radius 3 is 2.40 bits per heavy atom. The van der Waals surface area contributed by atoms with Gasteiger partial charge < -0.3 is 5.32 Å². The van der Waals surface area contributed by atoms with Crippen LogP contribution in [-0.2, 0) is 26.3 Å². The van der Waals surface area contributed by atoms with Crippen molar-refractivity contribution in [2.75, 3.05) is 18.1 Å². The van der Waals surface area contributed by atoms with Crippen molar-refractivity contribution in [1.29, 1.82) is 0 Å². The minimum Gasteiger partial charge on any atom is -0.384 e. The van der Waals surface area contributed by atoms with Gasteiger partial charge >= 0.3 is 0 Å². The number of primary sulfonamides is 1. The lowest BCUT2D eigenvalue weighted by Crippen LogP contribution is -2.14. The van der Waals surface area contributed by atoms with Gasteiger partial charge in [-0.25, -0.2) is 26.4 Å². The Balaban J connectivity index is 2.11. The van der Waals surface area contributed by atoms with Crippen LogP contribution in [-0.4, -0.2) is 29.6 Å². The summed E-state index contributed by atoms with van der Waals surface area (Å²) in [5.74, 6) is -0.302. The second kappa shape index (κ2) is 7.51. The fourth-order valence-electron chi connectivity index (χ4n) is 2.34. The number of sulfonamides is 1. The van der Waals surface area contributed by atoms with Gasteiger partial charge in [-0.05, 0) is 48.7 Å². The van der Waals surface area contributed by atoms with E-state index in [1.165, 1.54) is 24.3 Å². The van der Waals surface area contributed by atoms with Crippen molar-refractivity contribution in [3.63, 3.8) is 0 Å². The molecule has 0 aliphatic carbocycles. The van der Waals surface area contributed by atoms with Crippen LogP contribution in [0.5, 0.6) is 0 Å². The van der Waals surface area contributed by atoms with Crippen LogP contribution in [0.3, 0.4) is 0 Å². The van der Waals surface area contributed by atoms with Gasteiger partial charge in [0.15, 0.2) is 9.84 Å². The van der Waals surface area contributed by atoms with E-state index in [9.17, 15) is 21.2 Å². The van der Waals surface area contributed by atoms with E-state index in [0.29, 0.717) is 25.1 Å². The molecule has 2 rings (SSSR count). The highest BCUT2D eigenvalue weighted by atomic mass is 32.2. The minimum atomic E-state index is -4.00. The second-order valence-corrected chi connectivity index (χ2v) is 9.18. The minimum absolute atomic E-state index is 0.134. The second-order valence-electron chi connectivity index (χ2n) is 5.64. The number of aryl methyl sites for hydroxylation is 1. The number of hydrogen-bond donors (Lipinski definition) is 2. The summed E-state index contributed by atoms with van der Waals surface area (Å²) < 4.78 is 59.7. The molecule has 2 aromatic rings. The first-order chi connectivity index (χ1) is 11.6. The largest absolute Gasteiger partial charge is 0.384 e. The lowest BCUT2D eigenvalue weighted by atomic mass is 10.1. The number of nitrogens with two attached hydrogens (primary N) is 1. The Labute approximate surface area is 146 Å². The van der Waals surface area contributed by atoms with E-state index in [0.717, 1.165) is 17.9 Å². The van der Waals surface area contributed by atoms with Crippen molar-refractivity contribution in [3.05, 3.63) is 53.8 Å². The molecule has 0 aromatic heterocycles. The van der Waals surface area contributed by atoms with Gasteiger partial charge in [0, 0.05) is 12.8 Å². The molecule has 6 nitrogen and oxygen atoms in total. The van der Waals surface area contributed by atoms with Crippen molar-refractivity contribution in [2.24, 2.45) is 5.14 Å². The van der Waals surface area contributed by atoms with Gasteiger partial charge in [-0.1, -0.05) is 12.1 Å². The highest BCUT2D eigenvalue weighted by Crippen LogP contribution is 2.24. The lowest BCUT2D eigenvalue weighted by Gasteiger charge is -2.12. The van der Waals surface area contributed by atoms with Gasteiger partial charge in [0.1, 0.15) is 5.82 Å². The standard InChI is InChI=1S/C16H19FN2O4S2/c1-24(20,21)16-11-14(25(18,22)23)7-8-15(16)19-9-3-5-12-4-2-6-13(17)10-12/h2,4,6-8,10-11,19H,3,5,9H2,1H3,(H2,18,22,23). The molecule has 0 radical (unpaired) electrons. The summed E-state index contributed by atoms with van der Waals surface area (Å²) in [5, 5.41) is 8.02. The molecule has 0 heterocycles. The molecule has 0 spiro atoms. The maximum atomic E-state index is 13.1. The first kappa shape index (κ1) is 19.4. The maximum absolute atomic E-state index is 13.1. The van der Waals surface area contributed by atoms with Crippen molar-refractivity contribution in [2.45, 2.75) is 22.6 Å². The zero-order valence-corrected chi connectivity index (χ0v) is 15.2. The van der Waals surface area contributed by atoms with E-state index in [1.54, 1.807) is 6.07 Å². The SMILES string of the molecule is CS(=O)(=O)c1cc(S(N)(=O)=O)ccc1NCCCc1cccc(F)c1. The van der Waals surface area contributed by atoms with Gasteiger partial charge in [-0.2, -0.15) is 0 Å². The molecule has 0 bridgehead atoms. The number of hydrogen-bond acceptors (Lipinski definition) is 5. The third-order valence-corrected chi connectivity index (χ3v) is 5.58. The highest BCUT2D eigenvalue weighted by Gasteiger charge is 2.18. The van der Waals surface area contributed by atoms with E-state index in [4.69, 9.17) is 5.14 Å². The third kappa shape index (κ3) is 5.52. The van der Waals surface area contributed by atoms with Crippen LogP contribution in [0.15, 0.2) is 52.3 Å². The number of anilines is 1. The third-order valence-electron chi connectivity index (χ3n) is 3.53. The quantitative estimate of drug-likeness (QED) is 0.707. The van der Waals surface area contributed by atoms with Gasteiger partial charge in [0.2, 0.25) is 10.0 Å². The predicted octanol–water partition coefficient (Wildman–Crippen LogP) is 1.92. The summed E-state index contributed by atoms with van der Waals surface area (Å²) in [5.41, 5.74) is 1.14. The molecule has 0 atom stereocenters. The van der Waals surface area contributed by atoms with Gasteiger partial charge in [0.25, 0.3) is 0 Å². The molecule has 0 amide bonds. The van der Waals surface area contributed by atoms with Gasteiger partial charge in [-0.3, -0.25) is 0 Å². The fraction of sp³-hybridized carbons (Fsp3) is 0.250. The lowest BCUT2D eigenvalue weighted by molar-refractivity contribution is 0.597. The van der Waals surface area contributed by atoms with Crippen LogP contribution in [0.4, 0.5) is 10.1 Å². The van der Waals surface area contributed by atoms with E-state index in [1.807, 2.05) is 6.07 Å². The van der Waals surface area contributed by atoms with E-state index in [-0.39, 0.29) is 15.6 Å². The van der Waals surface area contributed by atoms with Crippen LogP contribution in [0.1, 0.15) is 12.0 Å². The molecule has 9 heteroatoms. The monoisotopic (exact) mass is 386 g/mol. The van der Waals surface area contributed by atoms with E-state index in [2.05, 4.69) is 5.32 Å². The van der Waals surface area contributed by atoms with Gasteiger partial charge in [0.05, 0.1) is 15.5 Å². The van der Waals surface area contributed by atoms with Gasteiger partial charge in [-0.15, -0.1) is 0 Å². The molecule has 0 fully saturated rings. The number of benzene rings is 2. The Morgan fingerprint density at radius 2 is 1.80 bits per heavy atom. The summed E-state index contributed by atoms with van der Waals surface area (Å²) in [6.45, 7) is 0.438. The molecule has 0 unspecified atom stereocenters. The molecule has 2 aromatic carbocycles. The van der Waals surface area contributed by atoms with E-state index < -0.39 is 19.9 Å². The van der Waals surface area contributed by atoms with Crippen molar-refractivity contribution in [3.8, 4) is 0 Å². The first-order valence-electron chi connectivity index (χ1n) is 7.42. The molecular weight excluding hydrogens is 367 g/mol. The van der Waals surface area contributed by atoms with Crippen LogP contribution in [0.2, 0.25) is 0 Å². The summed E-state index contributed by atoms with van der Waals surface area (Å²) in [6, 6.07) is 9.92. The molecule has 0 aliphatic heterocycles. The smallest absolute Gasteiger partial charge is 0.238 e. The maximum Gasteiger partial charge on any atom is 0.238 e. The Kier molecular flexibility index (Phi) is 5.81. The zero-order valence-electron chi connectivity index (χ0n) is 13.6. The summed E-state index contributed by atoms with van der Waals surface area (Å²) in [7, 11) is -7.64. The van der Waals surface area contributed by atoms with E-state index >= 15 is 0 Å². The number of sulfone groups is 1. The highest BCUT2D eigenvalue weighted by molar-refractivity contribution is 7.91. The molecule has 0 saturated heterocycles. The van der Waals surface area contributed by atoms with Crippen molar-refractivity contribution < 1.29 is 21.2 Å². The fourth-order valence-corrected chi connectivity index (χ4v) is 3.84. The number of halogens is 1. The topological polar surface area (TPSA) is 106 Å². The Bertz CT molecular complexity index is 973. The first-order valence-corrected chi connectivity index (χ1v) is 10.9. The molecule has 136 valence electrons. The molecule has 25 heavy (non-hydrogen) atoms. The van der Waals surface area contributed by atoms with Crippen LogP contribution in [0, 0.1) is 5.82 Å². The van der Waals surface area contributed by atoms with Crippen LogP contribution < -0.4 is 10.5 Å². The summed E-state index contributed by atoms with van der Waals surface area (Å²) >= 11 is 0. The van der Waals surface area contributed by atoms with Crippen LogP contribution in [0.25, 0.3) is 0 Å². The summed E-state index contributed by atoms with van der Waals surface area (Å²) in [6.07, 6.45) is 2.25. The molecule has 3 N–H and O–H groups in total. The average Bonchev–Trinajstić information content (AvgIpc) is 2.50. The number of nitrogens with one attached hydrogen (secondary N) is 1. The van der Waals surface area contributed by atoms with Crippen molar-refractivity contribution >= 4 is 25.5 Å². The predicted molar refractivity (Wildman–Crippen MR) is 94.1 cm³/mol. The summed E-state index contributed by atoms with van der Waals surface area (Å²) in [4.78, 5) is -0.400. The average molecular weight is 386 g/mol. The molecule has 0 aliphatic rings. The number of rotatable bonds is 7. The van der Waals surface area contributed by atoms with Crippen LogP contribution >= 0.6 is 0 Å². The van der Waals surface area contributed by atoms with Crippen molar-refractivity contribution in [1.82, 2.24) is 0 Å². The molecular formula is C16H19FN2O4S2. The normalized spacial score (nSPS) is 12.1. The zero-order chi connectivity index (χ0) is 18.7. The molecule has 0 saturated carbocycles.